The first kappa shape index (κ1) is 20.2. The third kappa shape index (κ3) is 3.59. The minimum Gasteiger partial charge on any atom is -0.354 e. The van der Waals surface area contributed by atoms with Crippen LogP contribution in [0.1, 0.15) is 25.0 Å². The van der Waals surface area contributed by atoms with Crippen molar-refractivity contribution in [3.63, 3.8) is 0 Å². The number of para-hydroxylation sites is 1. The summed E-state index contributed by atoms with van der Waals surface area (Å²) in [5.41, 5.74) is -0.381. The van der Waals surface area contributed by atoms with Crippen LogP contribution in [0.5, 0.6) is 0 Å². The Hall–Kier alpha value is -3.76. The number of amides is 1. The van der Waals surface area contributed by atoms with Gasteiger partial charge in [0.2, 0.25) is 11.9 Å². The van der Waals surface area contributed by atoms with Crippen molar-refractivity contribution in [3.05, 3.63) is 48.3 Å². The Morgan fingerprint density at radius 3 is 2.78 bits per heavy atom. The number of nitrogens with zero attached hydrogens (tertiary/aromatic N) is 5. The van der Waals surface area contributed by atoms with Gasteiger partial charge in [-0.25, -0.2) is 9.97 Å². The molecule has 1 saturated heterocycles. The van der Waals surface area contributed by atoms with Gasteiger partial charge in [-0.15, -0.1) is 5.10 Å². The number of hydrogen-bond acceptors (Lipinski definition) is 6. The number of carbonyl (C=O) groups excluding carboxylic acids is 1. The molecule has 0 bridgehead atoms. The SMILES string of the molecule is O=C1NCCCC[C@H]1Nc1nc2ccccc2c2nc(-c3cccnc3C(F)(F)F)nn12. The molecule has 0 spiro atoms. The first-order chi connectivity index (χ1) is 15.4. The van der Waals surface area contributed by atoms with E-state index < -0.39 is 17.9 Å². The summed E-state index contributed by atoms with van der Waals surface area (Å²) in [7, 11) is 0. The van der Waals surface area contributed by atoms with Gasteiger partial charge in [0.1, 0.15) is 6.04 Å². The van der Waals surface area contributed by atoms with E-state index in [-0.39, 0.29) is 23.2 Å². The smallest absolute Gasteiger partial charge is 0.354 e. The van der Waals surface area contributed by atoms with Crippen LogP contribution in [-0.4, -0.2) is 43.1 Å². The Labute approximate surface area is 179 Å². The Kier molecular flexibility index (Phi) is 4.87. The molecule has 1 aliphatic heterocycles. The number of alkyl halides is 3. The fraction of sp³-hybridized carbons (Fsp3) is 0.286. The molecule has 2 N–H and O–H groups in total. The summed E-state index contributed by atoms with van der Waals surface area (Å²) >= 11 is 0. The largest absolute Gasteiger partial charge is 0.434 e. The number of nitrogens with one attached hydrogen (secondary N) is 2. The quantitative estimate of drug-likeness (QED) is 0.506. The highest BCUT2D eigenvalue weighted by atomic mass is 19.4. The van der Waals surface area contributed by atoms with Crippen LogP contribution >= 0.6 is 0 Å². The predicted octanol–water partition coefficient (Wildman–Crippen LogP) is 3.44. The topological polar surface area (TPSA) is 97.1 Å². The molecule has 1 atom stereocenters. The molecule has 11 heteroatoms. The second-order valence-corrected chi connectivity index (χ2v) is 7.50. The first-order valence-corrected chi connectivity index (χ1v) is 10.1. The normalized spacial score (nSPS) is 17.3. The summed E-state index contributed by atoms with van der Waals surface area (Å²) < 4.78 is 41.9. The fourth-order valence-electron chi connectivity index (χ4n) is 3.81. The Balaban J connectivity index is 1.69. The van der Waals surface area contributed by atoms with E-state index in [2.05, 4.69) is 30.7 Å². The minimum atomic E-state index is -4.66. The molecule has 164 valence electrons. The summed E-state index contributed by atoms with van der Waals surface area (Å²) in [5, 5.41) is 10.9. The standard InChI is InChI=1S/C21H18F3N7O/c22-21(23,24)16-13(7-5-11-25-16)17-29-18-12-6-1-2-8-14(12)27-20(31(18)30-17)28-15-9-3-4-10-26-19(15)32/h1-2,5-8,11,15H,3-4,9-10H2,(H,26,32)(H,27,28)/t15-/m1/s1. The maximum absolute atomic E-state index is 13.5. The molecule has 0 unspecified atom stereocenters. The average Bonchev–Trinajstić information content (AvgIpc) is 3.13. The zero-order chi connectivity index (χ0) is 22.3. The highest BCUT2D eigenvalue weighted by Gasteiger charge is 2.36. The zero-order valence-electron chi connectivity index (χ0n) is 16.7. The van der Waals surface area contributed by atoms with Crippen molar-refractivity contribution in [1.29, 1.82) is 0 Å². The number of halogens is 3. The van der Waals surface area contributed by atoms with Gasteiger partial charge in [0.25, 0.3) is 0 Å². The molecule has 5 rings (SSSR count). The van der Waals surface area contributed by atoms with Crippen LogP contribution in [0.2, 0.25) is 0 Å². The molecular weight excluding hydrogens is 423 g/mol. The maximum Gasteiger partial charge on any atom is 0.434 e. The molecule has 1 amide bonds. The van der Waals surface area contributed by atoms with Gasteiger partial charge in [-0.2, -0.15) is 17.7 Å². The molecule has 3 aromatic heterocycles. The lowest BCUT2D eigenvalue weighted by Gasteiger charge is -2.16. The number of benzene rings is 1. The molecule has 0 saturated carbocycles. The number of aromatic nitrogens is 5. The monoisotopic (exact) mass is 441 g/mol. The van der Waals surface area contributed by atoms with Crippen molar-refractivity contribution >= 4 is 28.4 Å². The number of fused-ring (bicyclic) bond motifs is 3. The summed E-state index contributed by atoms with van der Waals surface area (Å²) in [6.07, 6.45) is -1.26. The van der Waals surface area contributed by atoms with Crippen molar-refractivity contribution in [1.82, 2.24) is 29.9 Å². The molecule has 32 heavy (non-hydrogen) atoms. The number of hydrogen-bond donors (Lipinski definition) is 2. The minimum absolute atomic E-state index is 0.128. The molecule has 4 aromatic rings. The number of rotatable bonds is 3. The third-order valence-electron chi connectivity index (χ3n) is 5.33. The highest BCUT2D eigenvalue weighted by molar-refractivity contribution is 5.93. The summed E-state index contributed by atoms with van der Waals surface area (Å²) in [5.74, 6) is -0.0496. The average molecular weight is 441 g/mol. The van der Waals surface area contributed by atoms with E-state index in [0.29, 0.717) is 29.5 Å². The van der Waals surface area contributed by atoms with Gasteiger partial charge in [-0.1, -0.05) is 12.1 Å². The van der Waals surface area contributed by atoms with Gasteiger partial charge < -0.3 is 10.6 Å². The molecule has 1 fully saturated rings. The first-order valence-electron chi connectivity index (χ1n) is 10.1. The van der Waals surface area contributed by atoms with Gasteiger partial charge in [0, 0.05) is 18.1 Å². The Morgan fingerprint density at radius 2 is 1.94 bits per heavy atom. The van der Waals surface area contributed by atoms with Crippen LogP contribution in [0.4, 0.5) is 19.1 Å². The van der Waals surface area contributed by atoms with Gasteiger partial charge in [-0.05, 0) is 43.5 Å². The second kappa shape index (κ2) is 7.74. The fourth-order valence-corrected chi connectivity index (χ4v) is 3.81. The van der Waals surface area contributed by atoms with E-state index in [9.17, 15) is 18.0 Å². The van der Waals surface area contributed by atoms with Crippen LogP contribution in [0.25, 0.3) is 27.9 Å². The van der Waals surface area contributed by atoms with Crippen molar-refractivity contribution in [2.24, 2.45) is 0 Å². The molecule has 4 heterocycles. The Bertz CT molecular complexity index is 1320. The van der Waals surface area contributed by atoms with E-state index in [0.717, 1.165) is 19.0 Å². The van der Waals surface area contributed by atoms with Crippen molar-refractivity contribution in [2.75, 3.05) is 11.9 Å². The highest BCUT2D eigenvalue weighted by Crippen LogP contribution is 2.35. The molecular formula is C21H18F3N7O. The second-order valence-electron chi connectivity index (χ2n) is 7.50. The van der Waals surface area contributed by atoms with E-state index in [1.54, 1.807) is 24.3 Å². The number of carbonyl (C=O) groups is 1. The molecule has 8 nitrogen and oxygen atoms in total. The van der Waals surface area contributed by atoms with Gasteiger partial charge in [0.15, 0.2) is 17.2 Å². The van der Waals surface area contributed by atoms with Gasteiger partial charge >= 0.3 is 6.18 Å². The van der Waals surface area contributed by atoms with Crippen LogP contribution in [0.3, 0.4) is 0 Å². The zero-order valence-corrected chi connectivity index (χ0v) is 16.7. The predicted molar refractivity (Wildman–Crippen MR) is 111 cm³/mol. The van der Waals surface area contributed by atoms with E-state index in [1.165, 1.54) is 16.6 Å². The summed E-state index contributed by atoms with van der Waals surface area (Å²) in [6.45, 7) is 0.603. The summed E-state index contributed by atoms with van der Waals surface area (Å²) in [6, 6.07) is 9.28. The molecule has 1 aliphatic rings. The van der Waals surface area contributed by atoms with E-state index >= 15 is 0 Å². The van der Waals surface area contributed by atoms with Gasteiger partial charge in [-0.3, -0.25) is 9.78 Å². The molecule has 0 aliphatic carbocycles. The van der Waals surface area contributed by atoms with Crippen molar-refractivity contribution in [3.8, 4) is 11.4 Å². The maximum atomic E-state index is 13.5. The lowest BCUT2D eigenvalue weighted by Crippen LogP contribution is -2.38. The van der Waals surface area contributed by atoms with Crippen LogP contribution in [0, 0.1) is 0 Å². The lowest BCUT2D eigenvalue weighted by molar-refractivity contribution is -0.140. The van der Waals surface area contributed by atoms with Crippen LogP contribution < -0.4 is 10.6 Å². The van der Waals surface area contributed by atoms with Crippen molar-refractivity contribution < 1.29 is 18.0 Å². The summed E-state index contributed by atoms with van der Waals surface area (Å²) in [4.78, 5) is 24.9. The van der Waals surface area contributed by atoms with E-state index in [4.69, 9.17) is 0 Å². The molecule has 0 radical (unpaired) electrons. The van der Waals surface area contributed by atoms with E-state index in [1.807, 2.05) is 0 Å². The van der Waals surface area contributed by atoms with Crippen molar-refractivity contribution in [2.45, 2.75) is 31.5 Å². The number of anilines is 1. The number of pyridine rings is 1. The van der Waals surface area contributed by atoms with Gasteiger partial charge in [0.05, 0.1) is 11.1 Å². The van der Waals surface area contributed by atoms with Crippen LogP contribution in [-0.2, 0) is 11.0 Å². The lowest BCUT2D eigenvalue weighted by atomic mass is 10.1. The van der Waals surface area contributed by atoms with Crippen LogP contribution in [0.15, 0.2) is 42.6 Å². The third-order valence-corrected chi connectivity index (χ3v) is 5.33. The molecule has 1 aromatic carbocycles. The Morgan fingerprint density at radius 1 is 1.09 bits per heavy atom.